The van der Waals surface area contributed by atoms with E-state index >= 15 is 0 Å². The zero-order valence-corrected chi connectivity index (χ0v) is 17.4. The van der Waals surface area contributed by atoms with E-state index < -0.39 is 0 Å². The van der Waals surface area contributed by atoms with Gasteiger partial charge in [-0.05, 0) is 6.92 Å². The Bertz CT molecular complexity index is 991. The minimum absolute atomic E-state index is 0.0794. The topological polar surface area (TPSA) is 130 Å². The maximum atomic E-state index is 12.6. The van der Waals surface area contributed by atoms with Crippen LogP contribution in [-0.2, 0) is 11.2 Å². The number of aryl methyl sites for hydroxylation is 2. The highest BCUT2D eigenvalue weighted by atomic mass is 16.5. The molecule has 0 bridgehead atoms. The first-order valence-corrected chi connectivity index (χ1v) is 10.1. The second kappa shape index (κ2) is 8.56. The number of carbonyl (C=O) groups excluding carboxylic acids is 1. The Morgan fingerprint density at radius 1 is 1.20 bits per heavy atom. The molecule has 1 saturated heterocycles. The van der Waals surface area contributed by atoms with E-state index in [2.05, 4.69) is 49.1 Å². The summed E-state index contributed by atoms with van der Waals surface area (Å²) in [6.45, 7) is 8.98. The molecule has 158 valence electrons. The van der Waals surface area contributed by atoms with Gasteiger partial charge in [-0.3, -0.25) is 9.89 Å². The first-order valence-electron chi connectivity index (χ1n) is 10.1. The lowest BCUT2D eigenvalue weighted by molar-refractivity contribution is -0.131. The Kier molecular flexibility index (Phi) is 5.68. The van der Waals surface area contributed by atoms with Crippen LogP contribution in [0.5, 0.6) is 0 Å². The Balaban J connectivity index is 1.29. The highest BCUT2D eigenvalue weighted by Crippen LogP contribution is 2.19. The molecule has 0 aromatic carbocycles. The van der Waals surface area contributed by atoms with Gasteiger partial charge in [0.05, 0.1) is 0 Å². The molecule has 1 N–H and O–H groups in total. The number of aromatic nitrogens is 7. The second-order valence-corrected chi connectivity index (χ2v) is 7.59. The van der Waals surface area contributed by atoms with Gasteiger partial charge in [0, 0.05) is 56.7 Å². The van der Waals surface area contributed by atoms with E-state index in [0.29, 0.717) is 43.5 Å². The monoisotopic (exact) mass is 411 g/mol. The van der Waals surface area contributed by atoms with Crippen molar-refractivity contribution in [2.45, 2.75) is 39.5 Å². The Morgan fingerprint density at radius 3 is 2.70 bits per heavy atom. The van der Waals surface area contributed by atoms with Gasteiger partial charge < -0.3 is 14.3 Å². The fraction of sp³-hybridized carbons (Fsp3) is 0.526. The summed E-state index contributed by atoms with van der Waals surface area (Å²) in [6, 6.07) is 2.01. The lowest BCUT2D eigenvalue weighted by atomic mass is 10.2. The number of hydrogen-bond acceptors (Lipinski definition) is 9. The Morgan fingerprint density at radius 2 is 2.00 bits per heavy atom. The van der Waals surface area contributed by atoms with Crippen LogP contribution in [0.4, 0.5) is 5.82 Å². The summed E-state index contributed by atoms with van der Waals surface area (Å²) in [7, 11) is 0. The van der Waals surface area contributed by atoms with Gasteiger partial charge >= 0.3 is 0 Å². The van der Waals surface area contributed by atoms with Crippen molar-refractivity contribution in [1.82, 2.24) is 40.2 Å². The summed E-state index contributed by atoms with van der Waals surface area (Å²) >= 11 is 0. The second-order valence-electron chi connectivity index (χ2n) is 7.59. The average molecular weight is 411 g/mol. The van der Waals surface area contributed by atoms with Crippen molar-refractivity contribution in [2.75, 3.05) is 31.1 Å². The lowest BCUT2D eigenvalue weighted by Gasteiger charge is -2.35. The van der Waals surface area contributed by atoms with Crippen LogP contribution in [0.15, 0.2) is 16.9 Å². The molecule has 30 heavy (non-hydrogen) atoms. The highest BCUT2D eigenvalue weighted by Gasteiger charge is 2.23. The number of hydrogen-bond donors (Lipinski definition) is 1. The van der Waals surface area contributed by atoms with Crippen molar-refractivity contribution in [3.05, 3.63) is 29.8 Å². The standard InChI is InChI=1S/C19H25N9O2/c1-12(2)17-22-13(3)10-14(23-17)27-6-8-28(9-7-27)16(29)5-4-15-24-19(26-30-15)18-20-11-21-25-18/h10-12H,4-9H2,1-3H3,(H,20,21,25). The first kappa shape index (κ1) is 19.9. The van der Waals surface area contributed by atoms with E-state index in [-0.39, 0.29) is 11.8 Å². The molecule has 1 amide bonds. The van der Waals surface area contributed by atoms with Crippen LogP contribution >= 0.6 is 0 Å². The molecule has 3 aromatic rings. The molecule has 0 radical (unpaired) electrons. The average Bonchev–Trinajstić information content (AvgIpc) is 3.43. The number of anilines is 1. The summed E-state index contributed by atoms with van der Waals surface area (Å²) in [5.74, 6) is 3.33. The third kappa shape index (κ3) is 4.44. The molecule has 0 unspecified atom stereocenters. The van der Waals surface area contributed by atoms with Gasteiger partial charge in [0.15, 0.2) is 5.82 Å². The van der Waals surface area contributed by atoms with Gasteiger partial charge in [-0.1, -0.05) is 19.0 Å². The molecule has 0 spiro atoms. The molecule has 0 aliphatic carbocycles. The number of nitrogens with one attached hydrogen (secondary N) is 1. The summed E-state index contributed by atoms with van der Waals surface area (Å²) in [6.07, 6.45) is 2.09. The van der Waals surface area contributed by atoms with Gasteiger partial charge in [-0.15, -0.1) is 0 Å². The van der Waals surface area contributed by atoms with Crippen LogP contribution in [0.1, 0.15) is 43.6 Å². The molecule has 4 heterocycles. The van der Waals surface area contributed by atoms with Crippen LogP contribution in [0.3, 0.4) is 0 Å². The molecule has 11 heteroatoms. The van der Waals surface area contributed by atoms with Crippen LogP contribution < -0.4 is 4.90 Å². The SMILES string of the molecule is Cc1cc(N2CCN(C(=O)CCc3nc(-c4ncn[nH]4)no3)CC2)nc(C(C)C)n1. The molecule has 3 aromatic heterocycles. The van der Waals surface area contributed by atoms with Crippen LogP contribution in [-0.4, -0.2) is 72.3 Å². The fourth-order valence-electron chi connectivity index (χ4n) is 3.32. The number of piperazine rings is 1. The predicted molar refractivity (Wildman–Crippen MR) is 108 cm³/mol. The van der Waals surface area contributed by atoms with Gasteiger partial charge in [0.1, 0.15) is 18.0 Å². The largest absolute Gasteiger partial charge is 0.353 e. The molecular formula is C19H25N9O2. The molecule has 4 rings (SSSR count). The lowest BCUT2D eigenvalue weighted by Crippen LogP contribution is -2.49. The van der Waals surface area contributed by atoms with E-state index in [1.54, 1.807) is 0 Å². The van der Waals surface area contributed by atoms with E-state index in [4.69, 9.17) is 9.51 Å². The van der Waals surface area contributed by atoms with Gasteiger partial charge in [0.25, 0.3) is 0 Å². The number of H-pyrrole nitrogens is 1. The number of amides is 1. The fourth-order valence-corrected chi connectivity index (χ4v) is 3.32. The van der Waals surface area contributed by atoms with E-state index in [9.17, 15) is 4.79 Å². The van der Waals surface area contributed by atoms with Crippen LogP contribution in [0, 0.1) is 6.92 Å². The first-order chi connectivity index (χ1) is 14.5. The zero-order chi connectivity index (χ0) is 21.1. The van der Waals surface area contributed by atoms with Crippen molar-refractivity contribution >= 4 is 11.7 Å². The summed E-state index contributed by atoms with van der Waals surface area (Å²) < 4.78 is 5.20. The molecule has 0 atom stereocenters. The number of aromatic amines is 1. The number of rotatable bonds is 6. The van der Waals surface area contributed by atoms with E-state index in [1.165, 1.54) is 6.33 Å². The maximum absolute atomic E-state index is 12.6. The minimum Gasteiger partial charge on any atom is -0.353 e. The zero-order valence-electron chi connectivity index (χ0n) is 17.4. The highest BCUT2D eigenvalue weighted by molar-refractivity contribution is 5.76. The van der Waals surface area contributed by atoms with Gasteiger partial charge in [-0.25, -0.2) is 15.0 Å². The van der Waals surface area contributed by atoms with E-state index in [1.807, 2.05) is 17.9 Å². The van der Waals surface area contributed by atoms with Crippen LogP contribution in [0.2, 0.25) is 0 Å². The molecule has 1 aliphatic heterocycles. The normalized spacial score (nSPS) is 14.5. The Hall–Kier alpha value is -3.37. The van der Waals surface area contributed by atoms with Crippen molar-refractivity contribution in [1.29, 1.82) is 0 Å². The molecule has 0 saturated carbocycles. The smallest absolute Gasteiger partial charge is 0.239 e. The molecule has 1 fully saturated rings. The quantitative estimate of drug-likeness (QED) is 0.639. The third-order valence-electron chi connectivity index (χ3n) is 4.98. The van der Waals surface area contributed by atoms with Gasteiger partial charge in [0.2, 0.25) is 17.6 Å². The maximum Gasteiger partial charge on any atom is 0.239 e. The number of nitrogens with zero attached hydrogens (tertiary/aromatic N) is 8. The predicted octanol–water partition coefficient (Wildman–Crippen LogP) is 1.36. The third-order valence-corrected chi connectivity index (χ3v) is 4.98. The van der Waals surface area contributed by atoms with Gasteiger partial charge in [-0.2, -0.15) is 10.1 Å². The summed E-state index contributed by atoms with van der Waals surface area (Å²) in [5, 5.41) is 10.3. The number of carbonyl (C=O) groups is 1. The van der Waals surface area contributed by atoms with Crippen molar-refractivity contribution < 1.29 is 9.32 Å². The van der Waals surface area contributed by atoms with E-state index in [0.717, 1.165) is 30.4 Å². The van der Waals surface area contributed by atoms with Crippen molar-refractivity contribution in [3.63, 3.8) is 0 Å². The summed E-state index contributed by atoms with van der Waals surface area (Å²) in [5.41, 5.74) is 0.964. The minimum atomic E-state index is 0.0794. The Labute approximate surface area is 173 Å². The molecule has 1 aliphatic rings. The summed E-state index contributed by atoms with van der Waals surface area (Å²) in [4.78, 5) is 34.1. The van der Waals surface area contributed by atoms with Crippen LogP contribution in [0.25, 0.3) is 11.6 Å². The van der Waals surface area contributed by atoms with Crippen molar-refractivity contribution in [2.24, 2.45) is 0 Å². The molecule has 11 nitrogen and oxygen atoms in total. The molecular weight excluding hydrogens is 386 g/mol. The van der Waals surface area contributed by atoms with Crippen molar-refractivity contribution in [3.8, 4) is 11.6 Å².